The molecule has 0 aliphatic heterocycles. The summed E-state index contributed by atoms with van der Waals surface area (Å²) in [6, 6.07) is 7.83. The van der Waals surface area contributed by atoms with E-state index >= 15 is 0 Å². The zero-order valence-electron chi connectivity index (χ0n) is 14.5. The quantitative estimate of drug-likeness (QED) is 0.728. The van der Waals surface area contributed by atoms with E-state index in [1.54, 1.807) is 7.11 Å². The fraction of sp³-hybridized carbons (Fsp3) is 0.579. The molecule has 0 saturated heterocycles. The van der Waals surface area contributed by atoms with Gasteiger partial charge in [-0.05, 0) is 38.2 Å². The molecular formula is C19H27NO4. The van der Waals surface area contributed by atoms with Crippen LogP contribution in [0.4, 0.5) is 0 Å². The molecule has 5 heteroatoms. The third-order valence-corrected chi connectivity index (χ3v) is 5.00. The number of carboxylic acids is 1. The van der Waals surface area contributed by atoms with Gasteiger partial charge in [-0.2, -0.15) is 0 Å². The third kappa shape index (κ3) is 4.57. The molecule has 1 aromatic rings. The van der Waals surface area contributed by atoms with Gasteiger partial charge in [-0.25, -0.2) is 0 Å². The molecule has 1 saturated carbocycles. The number of amides is 1. The summed E-state index contributed by atoms with van der Waals surface area (Å²) in [4.78, 5) is 24.1. The SMILES string of the molecule is COCCC1(C(=O)NCC(Cc2cccc(C)c2)C(=O)O)CCC1. The lowest BCUT2D eigenvalue weighted by Crippen LogP contribution is -2.48. The molecule has 24 heavy (non-hydrogen) atoms. The number of methoxy groups -OCH3 is 1. The monoisotopic (exact) mass is 333 g/mol. The Hall–Kier alpha value is -1.88. The molecule has 1 atom stereocenters. The predicted octanol–water partition coefficient (Wildman–Crippen LogP) is 2.56. The van der Waals surface area contributed by atoms with Crippen molar-refractivity contribution in [2.45, 2.75) is 39.0 Å². The van der Waals surface area contributed by atoms with Crippen LogP contribution in [-0.2, 0) is 20.7 Å². The number of carbonyl (C=O) groups excluding carboxylic acids is 1. The Morgan fingerprint density at radius 3 is 2.67 bits per heavy atom. The highest BCUT2D eigenvalue weighted by molar-refractivity contribution is 5.84. The van der Waals surface area contributed by atoms with Crippen LogP contribution >= 0.6 is 0 Å². The van der Waals surface area contributed by atoms with Gasteiger partial charge in [0.15, 0.2) is 0 Å². The summed E-state index contributed by atoms with van der Waals surface area (Å²) in [6.07, 6.45) is 3.88. The predicted molar refractivity (Wildman–Crippen MR) is 91.8 cm³/mol. The molecule has 0 bridgehead atoms. The number of aliphatic carboxylic acids is 1. The van der Waals surface area contributed by atoms with E-state index in [9.17, 15) is 14.7 Å². The van der Waals surface area contributed by atoms with Gasteiger partial charge < -0.3 is 15.2 Å². The molecule has 1 aromatic carbocycles. The first-order valence-electron chi connectivity index (χ1n) is 8.52. The zero-order chi connectivity index (χ0) is 17.6. The second-order valence-electron chi connectivity index (χ2n) is 6.82. The Kier molecular flexibility index (Phi) is 6.37. The van der Waals surface area contributed by atoms with E-state index in [0.717, 1.165) is 30.4 Å². The van der Waals surface area contributed by atoms with Crippen LogP contribution in [0.25, 0.3) is 0 Å². The van der Waals surface area contributed by atoms with Crippen molar-refractivity contribution in [1.82, 2.24) is 5.32 Å². The Labute approximate surface area is 143 Å². The molecule has 1 aliphatic carbocycles. The number of hydrogen-bond acceptors (Lipinski definition) is 3. The Bertz CT molecular complexity index is 580. The molecule has 0 heterocycles. The summed E-state index contributed by atoms with van der Waals surface area (Å²) < 4.78 is 5.10. The van der Waals surface area contributed by atoms with E-state index in [2.05, 4.69) is 5.32 Å². The molecule has 1 fully saturated rings. The van der Waals surface area contributed by atoms with Gasteiger partial charge in [0.05, 0.1) is 11.3 Å². The summed E-state index contributed by atoms with van der Waals surface area (Å²) in [7, 11) is 1.63. The van der Waals surface area contributed by atoms with Crippen LogP contribution in [0.2, 0.25) is 0 Å². The molecule has 2 N–H and O–H groups in total. The average molecular weight is 333 g/mol. The van der Waals surface area contributed by atoms with E-state index in [-0.39, 0.29) is 17.9 Å². The highest BCUT2D eigenvalue weighted by Gasteiger charge is 2.43. The first-order valence-corrected chi connectivity index (χ1v) is 8.52. The van der Waals surface area contributed by atoms with E-state index < -0.39 is 11.9 Å². The van der Waals surface area contributed by atoms with Gasteiger partial charge in [-0.3, -0.25) is 9.59 Å². The average Bonchev–Trinajstić information content (AvgIpc) is 2.50. The number of carboxylic acid groups (broad SMARTS) is 1. The highest BCUT2D eigenvalue weighted by atomic mass is 16.5. The van der Waals surface area contributed by atoms with Gasteiger partial charge in [-0.1, -0.05) is 36.2 Å². The minimum Gasteiger partial charge on any atom is -0.481 e. The van der Waals surface area contributed by atoms with Crippen molar-refractivity contribution in [1.29, 1.82) is 0 Å². The smallest absolute Gasteiger partial charge is 0.308 e. The van der Waals surface area contributed by atoms with Gasteiger partial charge in [0.25, 0.3) is 0 Å². The Morgan fingerprint density at radius 2 is 2.12 bits per heavy atom. The second-order valence-corrected chi connectivity index (χ2v) is 6.82. The second kappa shape index (κ2) is 8.29. The summed E-state index contributed by atoms with van der Waals surface area (Å²) in [6.45, 7) is 2.70. The van der Waals surface area contributed by atoms with Crippen LogP contribution in [0.5, 0.6) is 0 Å². The molecule has 0 radical (unpaired) electrons. The summed E-state index contributed by atoms with van der Waals surface area (Å²) in [5.74, 6) is -1.52. The van der Waals surface area contributed by atoms with Crippen LogP contribution in [0.3, 0.4) is 0 Å². The first kappa shape index (κ1) is 18.5. The molecule has 2 rings (SSSR count). The Balaban J connectivity index is 1.93. The standard InChI is InChI=1S/C19H27NO4/c1-14-5-3-6-15(11-14)12-16(17(21)22)13-20-18(23)19(7-4-8-19)9-10-24-2/h3,5-6,11,16H,4,7-10,12-13H2,1-2H3,(H,20,23)(H,21,22). The van der Waals surface area contributed by atoms with Crippen molar-refractivity contribution in [2.24, 2.45) is 11.3 Å². The third-order valence-electron chi connectivity index (χ3n) is 5.00. The van der Waals surface area contributed by atoms with Gasteiger partial charge in [0, 0.05) is 20.3 Å². The number of rotatable bonds is 9. The first-order chi connectivity index (χ1) is 11.5. The topological polar surface area (TPSA) is 75.6 Å². The number of benzene rings is 1. The van der Waals surface area contributed by atoms with Gasteiger partial charge in [0.1, 0.15) is 0 Å². The van der Waals surface area contributed by atoms with Gasteiger partial charge in [0.2, 0.25) is 5.91 Å². The number of carbonyl (C=O) groups is 2. The van der Waals surface area contributed by atoms with E-state index in [1.165, 1.54) is 0 Å². The van der Waals surface area contributed by atoms with Crippen molar-refractivity contribution in [3.63, 3.8) is 0 Å². The normalized spacial score (nSPS) is 16.9. The number of aryl methyl sites for hydroxylation is 1. The summed E-state index contributed by atoms with van der Waals surface area (Å²) >= 11 is 0. The maximum Gasteiger partial charge on any atom is 0.308 e. The molecule has 132 valence electrons. The van der Waals surface area contributed by atoms with Crippen molar-refractivity contribution in [3.8, 4) is 0 Å². The lowest BCUT2D eigenvalue weighted by atomic mass is 9.66. The van der Waals surface area contributed by atoms with E-state index in [0.29, 0.717) is 19.4 Å². The minimum atomic E-state index is -0.878. The molecular weight excluding hydrogens is 306 g/mol. The fourth-order valence-electron chi connectivity index (χ4n) is 3.27. The van der Waals surface area contributed by atoms with E-state index in [4.69, 9.17) is 4.74 Å². The van der Waals surface area contributed by atoms with Crippen molar-refractivity contribution < 1.29 is 19.4 Å². The number of ether oxygens (including phenoxy) is 1. The molecule has 1 amide bonds. The summed E-state index contributed by atoms with van der Waals surface area (Å²) in [5, 5.41) is 12.3. The Morgan fingerprint density at radius 1 is 1.38 bits per heavy atom. The number of hydrogen-bond donors (Lipinski definition) is 2. The lowest BCUT2D eigenvalue weighted by molar-refractivity contribution is -0.142. The van der Waals surface area contributed by atoms with E-state index in [1.807, 2.05) is 31.2 Å². The van der Waals surface area contributed by atoms with Gasteiger partial charge in [-0.15, -0.1) is 0 Å². The molecule has 1 aliphatic rings. The largest absolute Gasteiger partial charge is 0.481 e. The lowest BCUT2D eigenvalue weighted by Gasteiger charge is -2.40. The van der Waals surface area contributed by atoms with Crippen LogP contribution in [0.15, 0.2) is 24.3 Å². The maximum absolute atomic E-state index is 12.5. The van der Waals surface area contributed by atoms with Crippen LogP contribution in [-0.4, -0.2) is 37.2 Å². The minimum absolute atomic E-state index is 0.0266. The molecule has 0 spiro atoms. The van der Waals surface area contributed by atoms with Gasteiger partial charge >= 0.3 is 5.97 Å². The zero-order valence-corrected chi connectivity index (χ0v) is 14.5. The molecule has 5 nitrogen and oxygen atoms in total. The number of nitrogens with one attached hydrogen (secondary N) is 1. The molecule has 1 unspecified atom stereocenters. The van der Waals surface area contributed by atoms with Crippen molar-refractivity contribution >= 4 is 11.9 Å². The summed E-state index contributed by atoms with van der Waals surface area (Å²) in [5.41, 5.74) is 1.73. The highest BCUT2D eigenvalue weighted by Crippen LogP contribution is 2.44. The maximum atomic E-state index is 12.5. The van der Waals surface area contributed by atoms with Crippen LogP contribution in [0, 0.1) is 18.3 Å². The van der Waals surface area contributed by atoms with Crippen LogP contribution < -0.4 is 5.32 Å². The molecule has 0 aromatic heterocycles. The van der Waals surface area contributed by atoms with Crippen molar-refractivity contribution in [3.05, 3.63) is 35.4 Å². The van der Waals surface area contributed by atoms with Crippen LogP contribution in [0.1, 0.15) is 36.8 Å². The van der Waals surface area contributed by atoms with Crippen molar-refractivity contribution in [2.75, 3.05) is 20.3 Å². The fourth-order valence-corrected chi connectivity index (χ4v) is 3.27.